The number of carbonyl (C=O) groups excluding carboxylic acids is 3. The van der Waals surface area contributed by atoms with E-state index in [-0.39, 0.29) is 31.1 Å². The molecule has 0 fully saturated rings. The molecule has 75 heavy (non-hydrogen) atoms. The molecule has 0 N–H and O–H groups in total. The maximum Gasteiger partial charge on any atom is 0.306 e. The average Bonchev–Trinajstić information content (AvgIpc) is 3.41. The van der Waals surface area contributed by atoms with Crippen LogP contribution in [0.25, 0.3) is 0 Å². The first-order valence-electron chi connectivity index (χ1n) is 32.1. The van der Waals surface area contributed by atoms with Crippen molar-refractivity contribution in [2.24, 2.45) is 0 Å². The van der Waals surface area contributed by atoms with E-state index in [0.29, 0.717) is 19.3 Å². The molecule has 0 rings (SSSR count). The number of esters is 3. The molecule has 0 saturated carbocycles. The van der Waals surface area contributed by atoms with Gasteiger partial charge in [-0.05, 0) is 96.3 Å². The summed E-state index contributed by atoms with van der Waals surface area (Å²) in [6.45, 7) is 6.52. The summed E-state index contributed by atoms with van der Waals surface area (Å²) in [4.78, 5) is 38.3. The largest absolute Gasteiger partial charge is 0.462 e. The van der Waals surface area contributed by atoms with E-state index in [1.54, 1.807) is 0 Å². The van der Waals surface area contributed by atoms with Gasteiger partial charge in [0.15, 0.2) is 6.10 Å². The number of unbranched alkanes of at least 4 members (excludes halogenated alkanes) is 33. The fourth-order valence-electron chi connectivity index (χ4n) is 9.09. The average molecular weight is 1050 g/mol. The second-order valence-electron chi connectivity index (χ2n) is 21.3. The second kappa shape index (κ2) is 63.1. The van der Waals surface area contributed by atoms with E-state index in [4.69, 9.17) is 14.2 Å². The van der Waals surface area contributed by atoms with Crippen LogP contribution in [0.15, 0.2) is 85.1 Å². The van der Waals surface area contributed by atoms with Crippen molar-refractivity contribution >= 4 is 17.9 Å². The van der Waals surface area contributed by atoms with Gasteiger partial charge in [-0.25, -0.2) is 0 Å². The lowest BCUT2D eigenvalue weighted by Gasteiger charge is -2.18. The van der Waals surface area contributed by atoms with Gasteiger partial charge >= 0.3 is 17.9 Å². The molecule has 0 heterocycles. The van der Waals surface area contributed by atoms with Crippen LogP contribution in [-0.4, -0.2) is 37.2 Å². The molecule has 0 aliphatic carbocycles. The lowest BCUT2D eigenvalue weighted by atomic mass is 10.0. The van der Waals surface area contributed by atoms with E-state index < -0.39 is 6.10 Å². The van der Waals surface area contributed by atoms with Crippen LogP contribution < -0.4 is 0 Å². The van der Waals surface area contributed by atoms with Crippen LogP contribution in [0.2, 0.25) is 0 Å². The molecule has 6 nitrogen and oxygen atoms in total. The lowest BCUT2D eigenvalue weighted by Crippen LogP contribution is -2.30. The molecule has 6 heteroatoms. The van der Waals surface area contributed by atoms with Crippen molar-refractivity contribution in [3.63, 3.8) is 0 Å². The van der Waals surface area contributed by atoms with Gasteiger partial charge in [-0.3, -0.25) is 14.4 Å². The summed E-state index contributed by atoms with van der Waals surface area (Å²) in [5.41, 5.74) is 0. The third-order valence-electron chi connectivity index (χ3n) is 13.9. The highest BCUT2D eigenvalue weighted by atomic mass is 16.6. The number of rotatable bonds is 58. The van der Waals surface area contributed by atoms with Gasteiger partial charge in [0.1, 0.15) is 13.2 Å². The smallest absolute Gasteiger partial charge is 0.306 e. The molecule has 0 aromatic heterocycles. The van der Waals surface area contributed by atoms with Crippen molar-refractivity contribution < 1.29 is 28.6 Å². The number of carbonyl (C=O) groups is 3. The van der Waals surface area contributed by atoms with Crippen LogP contribution in [-0.2, 0) is 28.6 Å². The SMILES string of the molecule is CC/C=C\C/C=C\C/C=C\C/C=C\CCCCCCC(=O)OCC(COC(=O)CCCCCCCC/C=C\C/C=C\C/C=C\CCCCCCC)OC(=O)CCCCCCCCCCCCCCCCCCCCC. The molecule has 1 unspecified atom stereocenters. The van der Waals surface area contributed by atoms with E-state index in [0.717, 1.165) is 116 Å². The number of hydrogen-bond acceptors (Lipinski definition) is 6. The molecule has 1 atom stereocenters. The van der Waals surface area contributed by atoms with Gasteiger partial charge in [-0.1, -0.05) is 286 Å². The summed E-state index contributed by atoms with van der Waals surface area (Å²) in [6.07, 6.45) is 83.0. The van der Waals surface area contributed by atoms with E-state index >= 15 is 0 Å². The van der Waals surface area contributed by atoms with Crippen LogP contribution >= 0.6 is 0 Å². The van der Waals surface area contributed by atoms with Crippen molar-refractivity contribution in [2.75, 3.05) is 13.2 Å². The second-order valence-corrected chi connectivity index (χ2v) is 21.3. The maximum atomic E-state index is 12.9. The van der Waals surface area contributed by atoms with Crippen molar-refractivity contribution in [3.05, 3.63) is 85.1 Å². The highest BCUT2D eigenvalue weighted by Gasteiger charge is 2.19. The minimum absolute atomic E-state index is 0.0893. The molecule has 0 aromatic carbocycles. The molecule has 0 aliphatic rings. The van der Waals surface area contributed by atoms with Crippen LogP contribution in [0.3, 0.4) is 0 Å². The van der Waals surface area contributed by atoms with Crippen LogP contribution in [0.1, 0.15) is 316 Å². The fourth-order valence-corrected chi connectivity index (χ4v) is 9.09. The Morgan fingerprint density at radius 3 is 0.813 bits per heavy atom. The van der Waals surface area contributed by atoms with Gasteiger partial charge in [0.25, 0.3) is 0 Å². The van der Waals surface area contributed by atoms with Gasteiger partial charge in [0.2, 0.25) is 0 Å². The quantitative estimate of drug-likeness (QED) is 0.0261. The molecule has 0 spiro atoms. The monoisotopic (exact) mass is 1040 g/mol. The van der Waals surface area contributed by atoms with E-state index in [1.165, 1.54) is 161 Å². The Hall–Kier alpha value is -3.41. The molecule has 0 bridgehead atoms. The molecule has 0 saturated heterocycles. The van der Waals surface area contributed by atoms with Gasteiger partial charge in [-0.15, -0.1) is 0 Å². The molecule has 0 radical (unpaired) electrons. The van der Waals surface area contributed by atoms with Gasteiger partial charge in [-0.2, -0.15) is 0 Å². The topological polar surface area (TPSA) is 78.9 Å². The Balaban J connectivity index is 4.42. The summed E-state index contributed by atoms with van der Waals surface area (Å²) in [5, 5.41) is 0. The van der Waals surface area contributed by atoms with Crippen molar-refractivity contribution in [2.45, 2.75) is 322 Å². The Bertz CT molecular complexity index is 1430. The van der Waals surface area contributed by atoms with Crippen LogP contribution in [0, 0.1) is 0 Å². The number of ether oxygens (including phenoxy) is 3. The molecule has 0 aromatic rings. The number of allylic oxidation sites excluding steroid dienone is 14. The highest BCUT2D eigenvalue weighted by molar-refractivity contribution is 5.71. The standard InChI is InChI=1S/C69H120O6/c1-4-7-10-13-16-19-22-25-28-31-33-34-36-38-41-44-47-50-53-56-59-62-68(71)74-65-66(64-73-67(70)61-58-55-52-49-46-43-40-37-30-27-24-21-18-15-12-9-6-3)75-69(72)63-60-57-54-51-48-45-42-39-35-32-29-26-23-20-17-14-11-8-5-2/h9,12,18,21-22,25,27,30-31,33,36,38,40,43,66H,4-8,10-11,13-17,19-20,23-24,26,28-29,32,34-35,37,39,41-42,44-65H2,1-3H3/b12-9-,21-18-,25-22-,30-27-,33-31-,38-36-,43-40-. The summed E-state index contributed by atoms with van der Waals surface area (Å²) in [6, 6.07) is 0. The summed E-state index contributed by atoms with van der Waals surface area (Å²) in [7, 11) is 0. The van der Waals surface area contributed by atoms with Crippen molar-refractivity contribution in [1.29, 1.82) is 0 Å². The molecule has 0 aliphatic heterocycles. The van der Waals surface area contributed by atoms with Crippen LogP contribution in [0.4, 0.5) is 0 Å². The first kappa shape index (κ1) is 71.6. The molecule has 432 valence electrons. The molecular formula is C69H120O6. The summed E-state index contributed by atoms with van der Waals surface area (Å²) < 4.78 is 16.9. The minimum Gasteiger partial charge on any atom is -0.462 e. The third-order valence-corrected chi connectivity index (χ3v) is 13.9. The van der Waals surface area contributed by atoms with E-state index in [2.05, 4.69) is 106 Å². The lowest BCUT2D eigenvalue weighted by molar-refractivity contribution is -0.167. The Morgan fingerprint density at radius 2 is 0.520 bits per heavy atom. The zero-order valence-electron chi connectivity index (χ0n) is 49.6. The Labute approximate surface area is 465 Å². The summed E-state index contributed by atoms with van der Waals surface area (Å²) in [5.74, 6) is -0.910. The molecular weight excluding hydrogens is 925 g/mol. The van der Waals surface area contributed by atoms with Gasteiger partial charge in [0, 0.05) is 19.3 Å². The predicted octanol–water partition coefficient (Wildman–Crippen LogP) is 21.9. The maximum absolute atomic E-state index is 12.9. The normalized spacial score (nSPS) is 12.6. The Kier molecular flexibility index (Phi) is 60.3. The van der Waals surface area contributed by atoms with E-state index in [9.17, 15) is 14.4 Å². The fraction of sp³-hybridized carbons (Fsp3) is 0.754. The highest BCUT2D eigenvalue weighted by Crippen LogP contribution is 2.17. The molecule has 0 amide bonds. The third kappa shape index (κ3) is 61.3. The zero-order valence-corrected chi connectivity index (χ0v) is 49.6. The zero-order chi connectivity index (χ0) is 54.3. The first-order chi connectivity index (χ1) is 37.0. The number of hydrogen-bond donors (Lipinski definition) is 0. The van der Waals surface area contributed by atoms with Crippen molar-refractivity contribution in [1.82, 2.24) is 0 Å². The predicted molar refractivity (Wildman–Crippen MR) is 325 cm³/mol. The van der Waals surface area contributed by atoms with E-state index in [1.807, 2.05) is 0 Å². The Morgan fingerprint density at radius 1 is 0.280 bits per heavy atom. The summed E-state index contributed by atoms with van der Waals surface area (Å²) >= 11 is 0. The van der Waals surface area contributed by atoms with Gasteiger partial charge in [0.05, 0.1) is 0 Å². The minimum atomic E-state index is -0.793. The first-order valence-corrected chi connectivity index (χ1v) is 32.1. The van der Waals surface area contributed by atoms with Crippen molar-refractivity contribution in [3.8, 4) is 0 Å². The van der Waals surface area contributed by atoms with Gasteiger partial charge < -0.3 is 14.2 Å². The van der Waals surface area contributed by atoms with Crippen LogP contribution in [0.5, 0.6) is 0 Å².